The van der Waals surface area contributed by atoms with Crippen LogP contribution in [-0.4, -0.2) is 4.98 Å². The lowest BCUT2D eigenvalue weighted by atomic mass is 10.2. The van der Waals surface area contributed by atoms with Gasteiger partial charge in [-0.05, 0) is 28.1 Å². The quantitative estimate of drug-likeness (QED) is 0.654. The fourth-order valence-corrected chi connectivity index (χ4v) is 1.88. The SMILES string of the molecule is Clc1cc2cccc(Br)c2nc1Cl. The van der Waals surface area contributed by atoms with Crippen LogP contribution in [0.4, 0.5) is 0 Å². The Bertz CT molecular complexity index is 470. The third kappa shape index (κ3) is 1.66. The molecule has 0 atom stereocenters. The molecule has 0 aliphatic carbocycles. The first kappa shape index (κ1) is 9.25. The van der Waals surface area contributed by atoms with Crippen molar-refractivity contribution < 1.29 is 0 Å². The van der Waals surface area contributed by atoms with Crippen molar-refractivity contribution in [2.75, 3.05) is 0 Å². The van der Waals surface area contributed by atoms with E-state index >= 15 is 0 Å². The molecule has 66 valence electrons. The van der Waals surface area contributed by atoms with Crippen LogP contribution in [0, 0.1) is 0 Å². The molecule has 0 saturated carbocycles. The van der Waals surface area contributed by atoms with E-state index in [9.17, 15) is 0 Å². The van der Waals surface area contributed by atoms with Gasteiger partial charge in [0.1, 0.15) is 5.15 Å². The standard InChI is InChI=1S/C9H4BrCl2N/c10-6-3-1-2-5-4-7(11)9(12)13-8(5)6/h1-4H. The van der Waals surface area contributed by atoms with Crippen LogP contribution in [0.1, 0.15) is 0 Å². The number of rotatable bonds is 0. The van der Waals surface area contributed by atoms with E-state index in [4.69, 9.17) is 23.2 Å². The predicted octanol–water partition coefficient (Wildman–Crippen LogP) is 4.30. The van der Waals surface area contributed by atoms with E-state index in [1.807, 2.05) is 18.2 Å². The second-order valence-corrected chi connectivity index (χ2v) is 4.19. The van der Waals surface area contributed by atoms with Gasteiger partial charge in [0.05, 0.1) is 10.5 Å². The Hall–Kier alpha value is -0.310. The fourth-order valence-electron chi connectivity index (χ4n) is 1.11. The van der Waals surface area contributed by atoms with Gasteiger partial charge in [-0.1, -0.05) is 35.3 Å². The highest BCUT2D eigenvalue weighted by Crippen LogP contribution is 2.28. The van der Waals surface area contributed by atoms with Crippen molar-refractivity contribution in [3.8, 4) is 0 Å². The average molecular weight is 277 g/mol. The number of aromatic nitrogens is 1. The maximum absolute atomic E-state index is 5.83. The molecule has 0 N–H and O–H groups in total. The molecule has 1 nitrogen and oxygen atoms in total. The van der Waals surface area contributed by atoms with Crippen LogP contribution in [0.25, 0.3) is 10.9 Å². The second-order valence-electron chi connectivity index (χ2n) is 2.57. The smallest absolute Gasteiger partial charge is 0.148 e. The van der Waals surface area contributed by atoms with Gasteiger partial charge in [0.15, 0.2) is 0 Å². The third-order valence-electron chi connectivity index (χ3n) is 1.71. The second kappa shape index (κ2) is 3.45. The minimum absolute atomic E-state index is 0.334. The van der Waals surface area contributed by atoms with Crippen molar-refractivity contribution in [2.24, 2.45) is 0 Å². The van der Waals surface area contributed by atoms with E-state index < -0.39 is 0 Å². The summed E-state index contributed by atoms with van der Waals surface area (Å²) in [6.45, 7) is 0. The van der Waals surface area contributed by atoms with Crippen molar-refractivity contribution in [2.45, 2.75) is 0 Å². The van der Waals surface area contributed by atoms with Gasteiger partial charge >= 0.3 is 0 Å². The van der Waals surface area contributed by atoms with Crippen molar-refractivity contribution >= 4 is 50.0 Å². The lowest BCUT2D eigenvalue weighted by molar-refractivity contribution is 1.40. The Morgan fingerprint density at radius 3 is 2.77 bits per heavy atom. The molecule has 13 heavy (non-hydrogen) atoms. The molecule has 2 rings (SSSR count). The molecule has 0 saturated heterocycles. The van der Waals surface area contributed by atoms with Crippen LogP contribution < -0.4 is 0 Å². The molecule has 1 aromatic carbocycles. The monoisotopic (exact) mass is 275 g/mol. The Morgan fingerprint density at radius 2 is 2.00 bits per heavy atom. The van der Waals surface area contributed by atoms with Gasteiger partial charge in [-0.15, -0.1) is 0 Å². The molecule has 0 aliphatic heterocycles. The number of para-hydroxylation sites is 1. The van der Waals surface area contributed by atoms with E-state index in [1.54, 1.807) is 6.07 Å². The molecule has 0 aliphatic rings. The minimum Gasteiger partial charge on any atom is -0.233 e. The summed E-state index contributed by atoms with van der Waals surface area (Å²) in [6.07, 6.45) is 0. The summed E-state index contributed by atoms with van der Waals surface area (Å²) in [4.78, 5) is 4.16. The Morgan fingerprint density at radius 1 is 1.23 bits per heavy atom. The summed E-state index contributed by atoms with van der Waals surface area (Å²) >= 11 is 15.0. The maximum atomic E-state index is 5.83. The van der Waals surface area contributed by atoms with Crippen molar-refractivity contribution in [1.82, 2.24) is 4.98 Å². The highest BCUT2D eigenvalue weighted by Gasteiger charge is 2.04. The van der Waals surface area contributed by atoms with E-state index in [0.717, 1.165) is 15.4 Å². The van der Waals surface area contributed by atoms with Crippen molar-refractivity contribution in [3.63, 3.8) is 0 Å². The van der Waals surface area contributed by atoms with Gasteiger partial charge in [-0.25, -0.2) is 4.98 Å². The molecule has 0 radical (unpaired) electrons. The number of hydrogen-bond donors (Lipinski definition) is 0. The molecule has 0 fully saturated rings. The number of nitrogens with zero attached hydrogens (tertiary/aromatic N) is 1. The number of hydrogen-bond acceptors (Lipinski definition) is 1. The summed E-state index contributed by atoms with van der Waals surface area (Å²) in [5.41, 5.74) is 0.830. The zero-order valence-electron chi connectivity index (χ0n) is 6.39. The van der Waals surface area contributed by atoms with Gasteiger partial charge < -0.3 is 0 Å². The van der Waals surface area contributed by atoms with Crippen LogP contribution >= 0.6 is 39.1 Å². The lowest BCUT2D eigenvalue weighted by Gasteiger charge is -2.01. The van der Waals surface area contributed by atoms with Crippen LogP contribution in [0.5, 0.6) is 0 Å². The van der Waals surface area contributed by atoms with Crippen LogP contribution in [0.15, 0.2) is 28.7 Å². The Kier molecular flexibility index (Phi) is 2.45. The van der Waals surface area contributed by atoms with Crippen LogP contribution in [0.3, 0.4) is 0 Å². The van der Waals surface area contributed by atoms with E-state index in [2.05, 4.69) is 20.9 Å². The van der Waals surface area contributed by atoms with E-state index in [0.29, 0.717) is 10.2 Å². The molecule has 0 bridgehead atoms. The first-order chi connectivity index (χ1) is 6.18. The zero-order chi connectivity index (χ0) is 9.42. The topological polar surface area (TPSA) is 12.9 Å². The normalized spacial score (nSPS) is 10.7. The number of benzene rings is 1. The molecule has 4 heteroatoms. The molecule has 0 unspecified atom stereocenters. The molecule has 1 heterocycles. The number of pyridine rings is 1. The van der Waals surface area contributed by atoms with E-state index in [1.165, 1.54) is 0 Å². The summed E-state index contributed by atoms with van der Waals surface area (Å²) in [5.74, 6) is 0. The van der Waals surface area contributed by atoms with Crippen molar-refractivity contribution in [1.29, 1.82) is 0 Å². The van der Waals surface area contributed by atoms with Gasteiger partial charge in [0.2, 0.25) is 0 Å². The first-order valence-electron chi connectivity index (χ1n) is 3.59. The average Bonchev–Trinajstić information content (AvgIpc) is 2.09. The Balaban J connectivity index is 2.89. The highest BCUT2D eigenvalue weighted by molar-refractivity contribution is 9.10. The summed E-state index contributed by atoms with van der Waals surface area (Å²) < 4.78 is 0.920. The minimum atomic E-state index is 0.334. The lowest BCUT2D eigenvalue weighted by Crippen LogP contribution is -1.82. The molecular formula is C9H4BrCl2N. The van der Waals surface area contributed by atoms with Gasteiger partial charge in [0, 0.05) is 9.86 Å². The number of fused-ring (bicyclic) bond motifs is 1. The first-order valence-corrected chi connectivity index (χ1v) is 5.13. The van der Waals surface area contributed by atoms with Gasteiger partial charge in [-0.2, -0.15) is 0 Å². The highest BCUT2D eigenvalue weighted by atomic mass is 79.9. The van der Waals surface area contributed by atoms with Crippen LogP contribution in [-0.2, 0) is 0 Å². The van der Waals surface area contributed by atoms with Crippen LogP contribution in [0.2, 0.25) is 10.2 Å². The fraction of sp³-hybridized carbons (Fsp3) is 0. The zero-order valence-corrected chi connectivity index (χ0v) is 9.49. The van der Waals surface area contributed by atoms with E-state index in [-0.39, 0.29) is 0 Å². The third-order valence-corrected chi connectivity index (χ3v) is 3.02. The summed E-state index contributed by atoms with van der Waals surface area (Å²) in [7, 11) is 0. The number of halogens is 3. The molecule has 1 aromatic heterocycles. The largest absolute Gasteiger partial charge is 0.233 e. The summed E-state index contributed by atoms with van der Waals surface area (Å²) in [6, 6.07) is 7.59. The Labute approximate surface area is 93.8 Å². The predicted molar refractivity (Wildman–Crippen MR) is 59.5 cm³/mol. The van der Waals surface area contributed by atoms with Gasteiger partial charge in [0.25, 0.3) is 0 Å². The van der Waals surface area contributed by atoms with Gasteiger partial charge in [-0.3, -0.25) is 0 Å². The maximum Gasteiger partial charge on any atom is 0.148 e. The molecule has 2 aromatic rings. The summed E-state index contributed by atoms with van der Waals surface area (Å²) in [5, 5.41) is 1.79. The molecule has 0 amide bonds. The molecular weight excluding hydrogens is 273 g/mol. The molecule has 0 spiro atoms. The van der Waals surface area contributed by atoms with Crippen molar-refractivity contribution in [3.05, 3.63) is 38.9 Å².